The molecule has 6 heteroatoms. The standard InChI is InChI=1S/C24H24N4S2/c1-25-23(29)27-12-3-13-28(15-27)24(30)26-14-19-9-8-18-7-6-16-4-2-5-17-10-11-20(19)22(18)21(16)17/h2,4-11H,3,12-15H2,1H3,(H,25,29)(H,26,30). The van der Waals surface area contributed by atoms with Crippen LogP contribution >= 0.6 is 24.4 Å². The van der Waals surface area contributed by atoms with Crippen LogP contribution in [-0.4, -0.2) is 46.8 Å². The van der Waals surface area contributed by atoms with Crippen molar-refractivity contribution < 1.29 is 0 Å². The summed E-state index contributed by atoms with van der Waals surface area (Å²) < 4.78 is 0. The lowest BCUT2D eigenvalue weighted by molar-refractivity contribution is 0.210. The fraction of sp³-hybridized carbons (Fsp3) is 0.250. The summed E-state index contributed by atoms with van der Waals surface area (Å²) in [6.07, 6.45) is 1.04. The fourth-order valence-electron chi connectivity index (χ4n) is 4.52. The van der Waals surface area contributed by atoms with Crippen LogP contribution in [0.4, 0.5) is 0 Å². The molecule has 0 atom stereocenters. The second-order valence-electron chi connectivity index (χ2n) is 7.82. The number of nitrogens with zero attached hydrogens (tertiary/aromatic N) is 2. The third-order valence-corrected chi connectivity index (χ3v) is 6.90. The highest BCUT2D eigenvalue weighted by molar-refractivity contribution is 7.80. The molecule has 30 heavy (non-hydrogen) atoms. The lowest BCUT2D eigenvalue weighted by Gasteiger charge is -2.38. The molecule has 0 saturated carbocycles. The van der Waals surface area contributed by atoms with Crippen molar-refractivity contribution in [3.8, 4) is 0 Å². The highest BCUT2D eigenvalue weighted by atomic mass is 32.1. The van der Waals surface area contributed by atoms with Crippen LogP contribution in [0.2, 0.25) is 0 Å². The van der Waals surface area contributed by atoms with Crippen LogP contribution in [0.1, 0.15) is 12.0 Å². The fourth-order valence-corrected chi connectivity index (χ4v) is 4.89. The first kappa shape index (κ1) is 19.3. The summed E-state index contributed by atoms with van der Waals surface area (Å²) in [4.78, 5) is 4.35. The number of thiocarbonyl (C=S) groups is 2. The van der Waals surface area contributed by atoms with Gasteiger partial charge in [0, 0.05) is 26.7 Å². The van der Waals surface area contributed by atoms with Gasteiger partial charge in [-0.2, -0.15) is 0 Å². The van der Waals surface area contributed by atoms with Crippen LogP contribution in [-0.2, 0) is 6.54 Å². The molecule has 0 amide bonds. The monoisotopic (exact) mass is 432 g/mol. The second-order valence-corrected chi connectivity index (χ2v) is 8.59. The smallest absolute Gasteiger partial charge is 0.170 e. The van der Waals surface area contributed by atoms with Crippen molar-refractivity contribution in [1.82, 2.24) is 20.4 Å². The lowest BCUT2D eigenvalue weighted by Crippen LogP contribution is -2.54. The first-order valence-corrected chi connectivity index (χ1v) is 11.1. The van der Waals surface area contributed by atoms with Gasteiger partial charge in [-0.3, -0.25) is 0 Å². The number of rotatable bonds is 2. The van der Waals surface area contributed by atoms with E-state index in [0.29, 0.717) is 6.54 Å². The molecule has 0 aromatic heterocycles. The van der Waals surface area contributed by atoms with Gasteiger partial charge in [0.2, 0.25) is 0 Å². The Balaban J connectivity index is 1.40. The minimum Gasteiger partial charge on any atom is -0.366 e. The van der Waals surface area contributed by atoms with Crippen LogP contribution in [0.25, 0.3) is 32.3 Å². The molecule has 1 aliphatic rings. The Morgan fingerprint density at radius 1 is 0.833 bits per heavy atom. The van der Waals surface area contributed by atoms with Crippen molar-refractivity contribution in [3.05, 3.63) is 60.2 Å². The summed E-state index contributed by atoms with van der Waals surface area (Å²) in [6.45, 7) is 3.35. The SMILES string of the molecule is CNC(=S)N1CCCN(C(=S)NCc2ccc3ccc4cccc5ccc2c3c45)C1. The van der Waals surface area contributed by atoms with Gasteiger partial charge in [-0.25, -0.2) is 0 Å². The molecular formula is C24H24N4S2. The molecule has 0 bridgehead atoms. The van der Waals surface area contributed by atoms with Crippen molar-refractivity contribution in [3.63, 3.8) is 0 Å². The van der Waals surface area contributed by atoms with Crippen molar-refractivity contribution in [1.29, 1.82) is 0 Å². The molecule has 0 unspecified atom stereocenters. The van der Waals surface area contributed by atoms with Crippen molar-refractivity contribution in [2.75, 3.05) is 26.8 Å². The summed E-state index contributed by atoms with van der Waals surface area (Å²) in [5.74, 6) is 0. The molecule has 0 aliphatic carbocycles. The van der Waals surface area contributed by atoms with E-state index in [0.717, 1.165) is 36.4 Å². The Kier molecular flexibility index (Phi) is 5.05. The van der Waals surface area contributed by atoms with E-state index in [1.165, 1.54) is 37.9 Å². The van der Waals surface area contributed by atoms with Gasteiger partial charge >= 0.3 is 0 Å². The van der Waals surface area contributed by atoms with E-state index in [9.17, 15) is 0 Å². The molecule has 4 aromatic carbocycles. The predicted molar refractivity (Wildman–Crippen MR) is 134 cm³/mol. The maximum Gasteiger partial charge on any atom is 0.170 e. The molecular weight excluding hydrogens is 408 g/mol. The van der Waals surface area contributed by atoms with E-state index in [1.54, 1.807) is 0 Å². The van der Waals surface area contributed by atoms with Crippen LogP contribution in [0.5, 0.6) is 0 Å². The van der Waals surface area contributed by atoms with E-state index in [2.05, 4.69) is 75.0 Å². The zero-order chi connectivity index (χ0) is 20.7. The van der Waals surface area contributed by atoms with Crippen molar-refractivity contribution in [2.45, 2.75) is 13.0 Å². The van der Waals surface area contributed by atoms with E-state index in [1.807, 2.05) is 7.05 Å². The quantitative estimate of drug-likeness (QED) is 0.360. The topological polar surface area (TPSA) is 30.5 Å². The van der Waals surface area contributed by atoms with Gasteiger partial charge in [-0.15, -0.1) is 0 Å². The Hall–Kier alpha value is -2.70. The number of benzene rings is 4. The Bertz CT molecular complexity index is 1240. The minimum absolute atomic E-state index is 0.708. The average molecular weight is 433 g/mol. The first-order valence-electron chi connectivity index (χ1n) is 10.3. The number of hydrogen-bond donors (Lipinski definition) is 2. The lowest BCUT2D eigenvalue weighted by atomic mass is 9.92. The van der Waals surface area contributed by atoms with Gasteiger partial charge in [-0.05, 0) is 68.7 Å². The molecule has 5 rings (SSSR count). The normalized spacial score (nSPS) is 14.6. The summed E-state index contributed by atoms with van der Waals surface area (Å²) >= 11 is 11.1. The highest BCUT2D eigenvalue weighted by Crippen LogP contribution is 2.35. The summed E-state index contributed by atoms with van der Waals surface area (Å²) in [5.41, 5.74) is 1.27. The summed E-state index contributed by atoms with van der Waals surface area (Å²) in [7, 11) is 1.87. The molecule has 1 saturated heterocycles. The molecule has 2 N–H and O–H groups in total. The average Bonchev–Trinajstić information content (AvgIpc) is 2.81. The van der Waals surface area contributed by atoms with Crippen molar-refractivity contribution >= 4 is 67.0 Å². The number of nitrogens with one attached hydrogen (secondary N) is 2. The van der Waals surface area contributed by atoms with Crippen LogP contribution in [0.3, 0.4) is 0 Å². The minimum atomic E-state index is 0.708. The largest absolute Gasteiger partial charge is 0.366 e. The van der Waals surface area contributed by atoms with Gasteiger partial charge in [0.25, 0.3) is 0 Å². The number of hydrogen-bond acceptors (Lipinski definition) is 2. The maximum atomic E-state index is 5.72. The van der Waals surface area contributed by atoms with Gasteiger partial charge in [0.1, 0.15) is 0 Å². The van der Waals surface area contributed by atoms with Crippen LogP contribution in [0, 0.1) is 0 Å². The predicted octanol–water partition coefficient (Wildman–Crippen LogP) is 4.43. The van der Waals surface area contributed by atoms with E-state index in [-0.39, 0.29) is 0 Å². The van der Waals surface area contributed by atoms with E-state index in [4.69, 9.17) is 24.4 Å². The van der Waals surface area contributed by atoms with Gasteiger partial charge in [0.05, 0.1) is 6.67 Å². The molecule has 4 aromatic rings. The Morgan fingerprint density at radius 2 is 1.47 bits per heavy atom. The molecule has 1 heterocycles. The summed E-state index contributed by atoms with van der Waals surface area (Å²) in [6, 6.07) is 19.9. The first-order chi connectivity index (χ1) is 14.7. The van der Waals surface area contributed by atoms with Crippen LogP contribution < -0.4 is 10.6 Å². The molecule has 152 valence electrons. The zero-order valence-electron chi connectivity index (χ0n) is 16.9. The molecule has 0 radical (unpaired) electrons. The van der Waals surface area contributed by atoms with Crippen molar-refractivity contribution in [2.24, 2.45) is 0 Å². The highest BCUT2D eigenvalue weighted by Gasteiger charge is 2.21. The van der Waals surface area contributed by atoms with Gasteiger partial charge in [-0.1, -0.05) is 54.6 Å². The third kappa shape index (κ3) is 3.30. The zero-order valence-corrected chi connectivity index (χ0v) is 18.6. The molecule has 1 fully saturated rings. The summed E-state index contributed by atoms with van der Waals surface area (Å²) in [5, 5.41) is 16.0. The molecule has 4 nitrogen and oxygen atoms in total. The van der Waals surface area contributed by atoms with Gasteiger partial charge in [0.15, 0.2) is 10.2 Å². The van der Waals surface area contributed by atoms with E-state index < -0.39 is 0 Å². The third-order valence-electron chi connectivity index (χ3n) is 6.03. The van der Waals surface area contributed by atoms with E-state index >= 15 is 0 Å². The van der Waals surface area contributed by atoms with Gasteiger partial charge < -0.3 is 20.4 Å². The second kappa shape index (κ2) is 7.85. The molecule has 0 spiro atoms. The molecule has 1 aliphatic heterocycles. The van der Waals surface area contributed by atoms with Crippen LogP contribution in [0.15, 0.2) is 54.6 Å². The maximum absolute atomic E-state index is 5.72. The Labute approximate surface area is 187 Å². The Morgan fingerprint density at radius 3 is 2.20 bits per heavy atom.